The molecule has 1 fully saturated rings. The van der Waals surface area contributed by atoms with Crippen molar-refractivity contribution in [3.63, 3.8) is 0 Å². The van der Waals surface area contributed by atoms with Gasteiger partial charge in [-0.15, -0.1) is 0 Å². The van der Waals surface area contributed by atoms with Crippen molar-refractivity contribution in [3.8, 4) is 0 Å². The highest BCUT2D eigenvalue weighted by atomic mass is 16.2. The molecule has 0 spiro atoms. The van der Waals surface area contributed by atoms with Crippen molar-refractivity contribution in [2.24, 2.45) is 5.92 Å². The quantitative estimate of drug-likeness (QED) is 0.613. The number of hydrogen-bond acceptors (Lipinski definition) is 3. The predicted molar refractivity (Wildman–Crippen MR) is 61.9 cm³/mol. The van der Waals surface area contributed by atoms with Crippen LogP contribution < -0.4 is 16.0 Å². The van der Waals surface area contributed by atoms with E-state index in [4.69, 9.17) is 0 Å². The third-order valence-electron chi connectivity index (χ3n) is 2.79. The van der Waals surface area contributed by atoms with Gasteiger partial charge in [-0.2, -0.15) is 0 Å². The summed E-state index contributed by atoms with van der Waals surface area (Å²) in [4.78, 5) is 22.9. The van der Waals surface area contributed by atoms with Crippen LogP contribution in [0.3, 0.4) is 0 Å². The van der Waals surface area contributed by atoms with Crippen molar-refractivity contribution < 1.29 is 9.59 Å². The maximum absolute atomic E-state index is 11.7. The maximum Gasteiger partial charge on any atom is 0.239 e. The third-order valence-corrected chi connectivity index (χ3v) is 2.79. The van der Waals surface area contributed by atoms with Crippen LogP contribution in [0, 0.1) is 5.92 Å². The van der Waals surface area contributed by atoms with Gasteiger partial charge in [-0.1, -0.05) is 0 Å². The highest BCUT2D eigenvalue weighted by molar-refractivity contribution is 5.85. The monoisotopic (exact) mass is 227 g/mol. The summed E-state index contributed by atoms with van der Waals surface area (Å²) in [6.07, 6.45) is 1.70. The van der Waals surface area contributed by atoms with Gasteiger partial charge in [0.15, 0.2) is 0 Å². The molecule has 92 valence electrons. The fourth-order valence-corrected chi connectivity index (χ4v) is 1.94. The summed E-state index contributed by atoms with van der Waals surface area (Å²) in [5.74, 6) is -0.0805. The molecule has 2 amide bonds. The lowest BCUT2D eigenvalue weighted by molar-refractivity contribution is -0.129. The zero-order valence-corrected chi connectivity index (χ0v) is 10.0. The lowest BCUT2D eigenvalue weighted by atomic mass is 9.92. The zero-order valence-electron chi connectivity index (χ0n) is 10.0. The normalized spacial score (nSPS) is 24.9. The molecule has 0 aromatic heterocycles. The summed E-state index contributed by atoms with van der Waals surface area (Å²) < 4.78 is 0. The largest absolute Gasteiger partial charge is 0.355 e. The molecule has 5 heteroatoms. The van der Waals surface area contributed by atoms with Crippen LogP contribution in [0.5, 0.6) is 0 Å². The Hall–Kier alpha value is -1.10. The van der Waals surface area contributed by atoms with Gasteiger partial charge in [0, 0.05) is 18.5 Å². The van der Waals surface area contributed by atoms with Gasteiger partial charge in [0.2, 0.25) is 11.8 Å². The van der Waals surface area contributed by atoms with Gasteiger partial charge in [-0.25, -0.2) is 0 Å². The van der Waals surface area contributed by atoms with E-state index in [1.54, 1.807) is 0 Å². The second kappa shape index (κ2) is 6.48. The molecule has 5 nitrogen and oxygen atoms in total. The minimum atomic E-state index is -0.127. The second-order valence-electron chi connectivity index (χ2n) is 4.25. The molecule has 1 rings (SSSR count). The summed E-state index contributed by atoms with van der Waals surface area (Å²) >= 11 is 0. The van der Waals surface area contributed by atoms with Crippen molar-refractivity contribution in [2.45, 2.75) is 32.7 Å². The average molecular weight is 227 g/mol. The fraction of sp³-hybridized carbons (Fsp3) is 0.818. The fourth-order valence-electron chi connectivity index (χ4n) is 1.94. The Balaban J connectivity index is 2.26. The van der Waals surface area contributed by atoms with Gasteiger partial charge < -0.3 is 16.0 Å². The van der Waals surface area contributed by atoms with Crippen LogP contribution in [-0.4, -0.2) is 37.5 Å². The highest BCUT2D eigenvalue weighted by Crippen LogP contribution is 2.15. The maximum atomic E-state index is 11.7. The first-order chi connectivity index (χ1) is 7.63. The topological polar surface area (TPSA) is 70.2 Å². The van der Waals surface area contributed by atoms with Crippen LogP contribution in [-0.2, 0) is 9.59 Å². The molecule has 1 heterocycles. The molecule has 2 atom stereocenters. The number of likely N-dealkylation sites (N-methyl/N-ethyl adjacent to an activating group) is 1. The molecule has 2 unspecified atom stereocenters. The molecular formula is C11H21N3O2. The standard InChI is InChI=1S/C11H21N3O2/c1-3-12-10(15)7-14-11(16)9-4-5-13-8(2)6-9/h8-9,13H,3-7H2,1-2H3,(H,12,15)(H,14,16). The van der Waals surface area contributed by atoms with Gasteiger partial charge in [0.05, 0.1) is 6.54 Å². The van der Waals surface area contributed by atoms with Crippen LogP contribution >= 0.6 is 0 Å². The second-order valence-corrected chi connectivity index (χ2v) is 4.25. The van der Waals surface area contributed by atoms with E-state index in [0.717, 1.165) is 19.4 Å². The Morgan fingerprint density at radius 1 is 1.38 bits per heavy atom. The summed E-state index contributed by atoms with van der Waals surface area (Å²) in [5, 5.41) is 8.62. The van der Waals surface area contributed by atoms with Crippen molar-refractivity contribution >= 4 is 11.8 Å². The molecule has 16 heavy (non-hydrogen) atoms. The van der Waals surface area contributed by atoms with Crippen LogP contribution in [0.15, 0.2) is 0 Å². The van der Waals surface area contributed by atoms with Crippen molar-refractivity contribution in [1.82, 2.24) is 16.0 Å². The van der Waals surface area contributed by atoms with Gasteiger partial charge in [-0.05, 0) is 33.2 Å². The van der Waals surface area contributed by atoms with E-state index in [1.807, 2.05) is 6.92 Å². The third kappa shape index (κ3) is 4.18. The van der Waals surface area contributed by atoms with Crippen LogP contribution in [0.4, 0.5) is 0 Å². The zero-order chi connectivity index (χ0) is 12.0. The van der Waals surface area contributed by atoms with Gasteiger partial charge in [-0.3, -0.25) is 9.59 Å². The van der Waals surface area contributed by atoms with Gasteiger partial charge in [0.25, 0.3) is 0 Å². The van der Waals surface area contributed by atoms with E-state index in [9.17, 15) is 9.59 Å². The SMILES string of the molecule is CCNC(=O)CNC(=O)C1CCNC(C)C1. The first kappa shape index (κ1) is 13.0. The number of carbonyl (C=O) groups is 2. The molecule has 0 saturated carbocycles. The van der Waals surface area contributed by atoms with E-state index < -0.39 is 0 Å². The molecule has 1 saturated heterocycles. The van der Waals surface area contributed by atoms with E-state index in [0.29, 0.717) is 12.6 Å². The first-order valence-electron chi connectivity index (χ1n) is 5.91. The Kier molecular flexibility index (Phi) is 5.25. The van der Waals surface area contributed by atoms with Gasteiger partial charge in [0.1, 0.15) is 0 Å². The number of amides is 2. The summed E-state index contributed by atoms with van der Waals surface area (Å²) in [5.41, 5.74) is 0. The van der Waals surface area contributed by atoms with Crippen LogP contribution in [0.1, 0.15) is 26.7 Å². The molecule has 0 radical (unpaired) electrons. The summed E-state index contributed by atoms with van der Waals surface area (Å²) in [6.45, 7) is 5.49. The van der Waals surface area contributed by atoms with Crippen molar-refractivity contribution in [2.75, 3.05) is 19.6 Å². The first-order valence-corrected chi connectivity index (χ1v) is 5.91. The highest BCUT2D eigenvalue weighted by Gasteiger charge is 2.24. The number of piperidine rings is 1. The Labute approximate surface area is 96.4 Å². The van der Waals surface area contributed by atoms with Crippen LogP contribution in [0.2, 0.25) is 0 Å². The van der Waals surface area contributed by atoms with E-state index >= 15 is 0 Å². The average Bonchev–Trinajstić information content (AvgIpc) is 2.26. The van der Waals surface area contributed by atoms with Gasteiger partial charge >= 0.3 is 0 Å². The Morgan fingerprint density at radius 3 is 2.75 bits per heavy atom. The minimum absolute atomic E-state index is 0.000368. The van der Waals surface area contributed by atoms with Crippen LogP contribution in [0.25, 0.3) is 0 Å². The molecule has 3 N–H and O–H groups in total. The van der Waals surface area contributed by atoms with E-state index in [1.165, 1.54) is 0 Å². The molecule has 0 aliphatic carbocycles. The van der Waals surface area contributed by atoms with E-state index in [-0.39, 0.29) is 24.3 Å². The van der Waals surface area contributed by atoms with E-state index in [2.05, 4.69) is 22.9 Å². The number of nitrogens with one attached hydrogen (secondary N) is 3. The van der Waals surface area contributed by atoms with Crippen molar-refractivity contribution in [1.29, 1.82) is 0 Å². The number of rotatable bonds is 4. The Bertz CT molecular complexity index is 256. The smallest absolute Gasteiger partial charge is 0.239 e. The summed E-state index contributed by atoms with van der Waals surface area (Å²) in [7, 11) is 0. The summed E-state index contributed by atoms with van der Waals surface area (Å²) in [6, 6.07) is 0.383. The molecular weight excluding hydrogens is 206 g/mol. The van der Waals surface area contributed by atoms with Crippen molar-refractivity contribution in [3.05, 3.63) is 0 Å². The molecule has 0 bridgehead atoms. The molecule has 1 aliphatic heterocycles. The lowest BCUT2D eigenvalue weighted by Gasteiger charge is -2.26. The number of hydrogen-bond donors (Lipinski definition) is 3. The number of carbonyl (C=O) groups excluding carboxylic acids is 2. The lowest BCUT2D eigenvalue weighted by Crippen LogP contribution is -2.44. The molecule has 1 aliphatic rings. The Morgan fingerprint density at radius 2 is 2.12 bits per heavy atom. The molecule has 0 aromatic carbocycles. The predicted octanol–water partition coefficient (Wildman–Crippen LogP) is -0.373. The minimum Gasteiger partial charge on any atom is -0.355 e. The molecule has 0 aromatic rings.